The van der Waals surface area contributed by atoms with Crippen molar-refractivity contribution in [1.82, 2.24) is 0 Å². The van der Waals surface area contributed by atoms with E-state index >= 15 is 0 Å². The number of benzene rings is 2. The Hall–Kier alpha value is -1.47. The maximum Gasteiger partial charge on any atom is 0.302 e. The SMILES string of the molecule is Cc1ccc(NS(=O)(=O)c2ccccc2)cc1NC(=O)C([NH-])CC(=O)O.[Ac]. The summed E-state index contributed by atoms with van der Waals surface area (Å²) in [6.07, 6.45) is -0.620. The fourth-order valence-electron chi connectivity index (χ4n) is 2.12. The van der Waals surface area contributed by atoms with Crippen molar-refractivity contribution in [1.29, 1.82) is 0 Å². The van der Waals surface area contributed by atoms with Crippen LogP contribution in [0.15, 0.2) is 53.4 Å². The van der Waals surface area contributed by atoms with E-state index in [0.717, 1.165) is 0 Å². The number of nitrogens with one attached hydrogen (secondary N) is 3. The molecule has 10 heteroatoms. The van der Waals surface area contributed by atoms with Gasteiger partial charge in [-0.25, -0.2) is 8.42 Å². The number of carboxylic acid groups (broad SMARTS) is 1. The molecule has 0 aliphatic carbocycles. The Kier molecular flexibility index (Phi) is 8.89. The van der Waals surface area contributed by atoms with Crippen LogP contribution in [0, 0.1) is 51.0 Å². The molecule has 2 aromatic carbocycles. The molecule has 0 saturated carbocycles. The summed E-state index contributed by atoms with van der Waals surface area (Å²) in [4.78, 5) is 22.6. The van der Waals surface area contributed by atoms with Crippen LogP contribution in [0.4, 0.5) is 11.4 Å². The summed E-state index contributed by atoms with van der Waals surface area (Å²) < 4.78 is 27.1. The number of amides is 1. The second-order valence-corrected chi connectivity index (χ2v) is 7.27. The Morgan fingerprint density at radius 3 is 2.37 bits per heavy atom. The summed E-state index contributed by atoms with van der Waals surface area (Å²) in [6, 6.07) is 10.9. The van der Waals surface area contributed by atoms with Gasteiger partial charge in [0, 0.05) is 56.2 Å². The summed E-state index contributed by atoms with van der Waals surface area (Å²) in [7, 11) is -3.78. The summed E-state index contributed by atoms with van der Waals surface area (Å²) >= 11 is 0. The van der Waals surface area contributed by atoms with E-state index in [1.807, 2.05) is 0 Å². The van der Waals surface area contributed by atoms with E-state index in [-0.39, 0.29) is 54.6 Å². The molecular weight excluding hydrogens is 585 g/mol. The van der Waals surface area contributed by atoms with Crippen LogP contribution in [0.1, 0.15) is 12.0 Å². The van der Waals surface area contributed by atoms with E-state index in [0.29, 0.717) is 11.3 Å². The van der Waals surface area contributed by atoms with Crippen LogP contribution in [0.25, 0.3) is 5.73 Å². The van der Waals surface area contributed by atoms with Gasteiger partial charge in [0.05, 0.1) is 10.6 Å². The molecule has 1 unspecified atom stereocenters. The van der Waals surface area contributed by atoms with Crippen molar-refractivity contribution in [3.63, 3.8) is 0 Å². The molecule has 8 nitrogen and oxygen atoms in total. The third kappa shape index (κ3) is 6.88. The third-order valence-electron chi connectivity index (χ3n) is 3.50. The predicted molar refractivity (Wildman–Crippen MR) is 97.4 cm³/mol. The van der Waals surface area contributed by atoms with E-state index in [9.17, 15) is 18.0 Å². The second-order valence-electron chi connectivity index (χ2n) is 5.59. The molecule has 0 aliphatic rings. The second kappa shape index (κ2) is 10.2. The zero-order chi connectivity index (χ0) is 19.3. The number of anilines is 2. The van der Waals surface area contributed by atoms with Gasteiger partial charge in [-0.15, -0.1) is 0 Å². The summed E-state index contributed by atoms with van der Waals surface area (Å²) in [6.45, 7) is 1.70. The fourth-order valence-corrected chi connectivity index (χ4v) is 3.19. The Balaban J connectivity index is 0.00000364. The maximum atomic E-state index is 12.4. The van der Waals surface area contributed by atoms with Crippen molar-refractivity contribution < 1.29 is 67.2 Å². The van der Waals surface area contributed by atoms with Gasteiger partial charge in [-0.1, -0.05) is 24.3 Å². The number of rotatable bonds is 7. The standard InChI is InChI=1S/C17H18N3O5S.Ac/c1-11-7-8-12(20-26(24,25)13-5-3-2-4-6-13)9-15(11)19-17(23)14(18)10-16(21)22;/h2-9,14,18,20H,10H2,1H3,(H,19,23)(H,21,22);/q-1;. The van der Waals surface area contributed by atoms with E-state index < -0.39 is 34.4 Å². The Labute approximate surface area is 193 Å². The first-order valence-electron chi connectivity index (χ1n) is 7.61. The topological polar surface area (TPSA) is 136 Å². The molecule has 27 heavy (non-hydrogen) atoms. The summed E-state index contributed by atoms with van der Waals surface area (Å²) in [5.74, 6) is -2.03. The number of sulfonamides is 1. The molecule has 0 saturated heterocycles. The molecule has 2 rings (SSSR count). The largest absolute Gasteiger partial charge is 0.666 e. The molecule has 1 atom stereocenters. The molecule has 0 aliphatic heterocycles. The molecule has 0 heterocycles. The Morgan fingerprint density at radius 2 is 1.78 bits per heavy atom. The van der Waals surface area contributed by atoms with Gasteiger partial charge >= 0.3 is 5.97 Å². The van der Waals surface area contributed by atoms with E-state index in [1.165, 1.54) is 18.2 Å². The van der Waals surface area contributed by atoms with Crippen LogP contribution in [0.2, 0.25) is 0 Å². The summed E-state index contributed by atoms with van der Waals surface area (Å²) in [5, 5.41) is 11.1. The van der Waals surface area contributed by atoms with Crippen LogP contribution in [-0.4, -0.2) is 31.4 Å². The number of carbonyl (C=O) groups excluding carboxylic acids is 1. The van der Waals surface area contributed by atoms with E-state index in [4.69, 9.17) is 10.8 Å². The van der Waals surface area contributed by atoms with Crippen LogP contribution in [0.5, 0.6) is 0 Å². The predicted octanol–water partition coefficient (Wildman–Crippen LogP) is 2.63. The molecule has 1 amide bonds. The molecule has 0 fully saturated rings. The number of hydrogen-bond acceptors (Lipinski definition) is 4. The minimum atomic E-state index is -3.78. The normalized spacial score (nSPS) is 11.8. The van der Waals surface area contributed by atoms with Gasteiger partial charge in [0.15, 0.2) is 0 Å². The first-order valence-corrected chi connectivity index (χ1v) is 9.09. The van der Waals surface area contributed by atoms with E-state index in [2.05, 4.69) is 10.0 Å². The molecule has 141 valence electrons. The smallest absolute Gasteiger partial charge is 0.302 e. The first kappa shape index (κ1) is 23.6. The molecule has 0 bridgehead atoms. The third-order valence-corrected chi connectivity index (χ3v) is 4.89. The number of aryl methyl sites for hydroxylation is 1. The van der Waals surface area contributed by atoms with Crippen LogP contribution in [-0.2, 0) is 19.6 Å². The van der Waals surface area contributed by atoms with Crippen molar-refractivity contribution in [2.75, 3.05) is 10.0 Å². The number of hydrogen-bond donors (Lipinski definition) is 3. The van der Waals surface area contributed by atoms with Gasteiger partial charge < -0.3 is 16.2 Å². The molecule has 0 spiro atoms. The monoisotopic (exact) mass is 603 g/mol. The molecule has 4 N–H and O–H groups in total. The minimum absolute atomic E-state index is 0. The van der Waals surface area contributed by atoms with Crippen LogP contribution >= 0.6 is 0 Å². The van der Waals surface area contributed by atoms with Gasteiger partial charge in [-0.3, -0.25) is 14.3 Å². The van der Waals surface area contributed by atoms with Gasteiger partial charge in [0.1, 0.15) is 0 Å². The van der Waals surface area contributed by atoms with Crippen molar-refractivity contribution >= 4 is 33.3 Å². The number of carbonyl (C=O) groups is 2. The van der Waals surface area contributed by atoms with Gasteiger partial charge in [0.2, 0.25) is 5.91 Å². The molecule has 0 aromatic heterocycles. The molecular formula is C17H18AcN3O5S-. The van der Waals surface area contributed by atoms with Crippen LogP contribution < -0.4 is 10.0 Å². The maximum absolute atomic E-state index is 12.4. The zero-order valence-electron chi connectivity index (χ0n) is 14.5. The van der Waals surface area contributed by atoms with Gasteiger partial charge in [-0.05, 0) is 42.8 Å². The number of aliphatic carboxylic acids is 1. The Bertz CT molecular complexity index is 919. The minimum Gasteiger partial charge on any atom is -0.666 e. The summed E-state index contributed by atoms with van der Waals surface area (Å²) in [5.41, 5.74) is 8.70. The molecule has 1 radical (unpaired) electrons. The average Bonchev–Trinajstić information content (AvgIpc) is 2.57. The first-order chi connectivity index (χ1) is 12.2. The van der Waals surface area contributed by atoms with Crippen LogP contribution in [0.3, 0.4) is 0 Å². The van der Waals surface area contributed by atoms with Crippen molar-refractivity contribution in [3.05, 3.63) is 59.8 Å². The van der Waals surface area contributed by atoms with Crippen molar-refractivity contribution in [2.24, 2.45) is 0 Å². The van der Waals surface area contributed by atoms with E-state index in [1.54, 1.807) is 37.3 Å². The zero-order valence-corrected chi connectivity index (χ0v) is 20.0. The number of carboxylic acids is 1. The van der Waals surface area contributed by atoms with Crippen molar-refractivity contribution in [2.45, 2.75) is 24.3 Å². The molecule has 2 aromatic rings. The van der Waals surface area contributed by atoms with Gasteiger partial charge in [0.25, 0.3) is 10.0 Å². The van der Waals surface area contributed by atoms with Gasteiger partial charge in [-0.2, -0.15) is 0 Å². The Morgan fingerprint density at radius 1 is 1.15 bits per heavy atom. The quantitative estimate of drug-likeness (QED) is 0.447. The van der Waals surface area contributed by atoms with Crippen molar-refractivity contribution in [3.8, 4) is 0 Å². The average molecular weight is 603 g/mol. The fraction of sp³-hybridized carbons (Fsp3) is 0.176.